The molecule has 3 rings (SSSR count). The third-order valence-corrected chi connectivity index (χ3v) is 4.49. The summed E-state index contributed by atoms with van der Waals surface area (Å²) in [4.78, 5) is 8.66. The molecule has 110 valence electrons. The molecule has 1 fully saturated rings. The molecule has 0 atom stereocenters. The van der Waals surface area contributed by atoms with Crippen molar-refractivity contribution in [2.75, 3.05) is 7.11 Å². The van der Waals surface area contributed by atoms with E-state index in [4.69, 9.17) is 21.1 Å². The molecule has 0 unspecified atom stereocenters. The molecule has 1 aliphatic rings. The zero-order valence-electron chi connectivity index (χ0n) is 11.1. The van der Waals surface area contributed by atoms with E-state index in [-0.39, 0.29) is 0 Å². The Morgan fingerprint density at radius 2 is 1.76 bits per heavy atom. The van der Waals surface area contributed by atoms with Crippen LogP contribution >= 0.6 is 43.5 Å². The number of methoxy groups -OCH3 is 1. The molecule has 0 radical (unpaired) electrons. The van der Waals surface area contributed by atoms with Crippen molar-refractivity contribution >= 4 is 43.5 Å². The average Bonchev–Trinajstić information content (AvgIpc) is 3.26. The fourth-order valence-electron chi connectivity index (χ4n) is 1.85. The average molecular weight is 435 g/mol. The van der Waals surface area contributed by atoms with Gasteiger partial charge in [-0.1, -0.05) is 11.6 Å². The first-order valence-electron chi connectivity index (χ1n) is 6.32. The maximum atomic E-state index is 6.03. The first-order chi connectivity index (χ1) is 10.1. The van der Waals surface area contributed by atoms with Gasteiger partial charge in [0.25, 0.3) is 0 Å². The highest BCUT2D eigenvalue weighted by Crippen LogP contribution is 2.41. The molecule has 0 N–H and O–H groups in total. The van der Waals surface area contributed by atoms with E-state index in [9.17, 15) is 0 Å². The molecule has 1 saturated carbocycles. The van der Waals surface area contributed by atoms with Crippen molar-refractivity contribution in [2.45, 2.75) is 18.8 Å². The summed E-state index contributed by atoms with van der Waals surface area (Å²) in [7, 11) is 1.61. The van der Waals surface area contributed by atoms with Crippen LogP contribution in [0, 0.1) is 0 Å². The van der Waals surface area contributed by atoms with E-state index in [0.717, 1.165) is 27.6 Å². The van der Waals surface area contributed by atoms with Crippen molar-refractivity contribution in [1.29, 1.82) is 0 Å². The van der Waals surface area contributed by atoms with Crippen molar-refractivity contribution < 1.29 is 9.47 Å². The molecule has 0 amide bonds. The number of rotatable bonds is 4. The smallest absolute Gasteiger partial charge is 0.224 e. The quantitative estimate of drug-likeness (QED) is 0.610. The van der Waals surface area contributed by atoms with E-state index in [1.54, 1.807) is 13.2 Å². The Balaban J connectivity index is 1.91. The minimum absolute atomic E-state index is 0.394. The topological polar surface area (TPSA) is 44.2 Å². The van der Waals surface area contributed by atoms with Crippen LogP contribution in [-0.4, -0.2) is 17.1 Å². The van der Waals surface area contributed by atoms with Crippen LogP contribution in [0.1, 0.15) is 24.6 Å². The Hall–Kier alpha value is -0.850. The van der Waals surface area contributed by atoms with Gasteiger partial charge in [-0.15, -0.1) is 0 Å². The Morgan fingerprint density at radius 3 is 2.43 bits per heavy atom. The Kier molecular flexibility index (Phi) is 4.38. The Morgan fingerprint density at radius 1 is 1.10 bits per heavy atom. The lowest BCUT2D eigenvalue weighted by molar-refractivity contribution is 0.408. The van der Waals surface area contributed by atoms with Crippen LogP contribution < -0.4 is 9.47 Å². The third kappa shape index (κ3) is 3.49. The van der Waals surface area contributed by atoms with E-state index in [2.05, 4.69) is 41.8 Å². The van der Waals surface area contributed by atoms with Gasteiger partial charge in [0.1, 0.15) is 22.5 Å². The molecule has 4 nitrogen and oxygen atoms in total. The first-order valence-corrected chi connectivity index (χ1v) is 8.28. The minimum atomic E-state index is 0.394. The SMILES string of the molecule is COc1cc(Br)c(Oc2cc(Cl)nc(C3CC3)n2)cc1Br. The van der Waals surface area contributed by atoms with E-state index in [1.165, 1.54) is 0 Å². The summed E-state index contributed by atoms with van der Waals surface area (Å²) in [5.41, 5.74) is 0. The van der Waals surface area contributed by atoms with E-state index in [0.29, 0.717) is 28.5 Å². The number of halogens is 3. The third-order valence-electron chi connectivity index (χ3n) is 3.05. The molecule has 21 heavy (non-hydrogen) atoms. The summed E-state index contributed by atoms with van der Waals surface area (Å²) < 4.78 is 12.6. The number of hydrogen-bond donors (Lipinski definition) is 0. The minimum Gasteiger partial charge on any atom is -0.496 e. The molecule has 1 heterocycles. The fraction of sp³-hybridized carbons (Fsp3) is 0.286. The highest BCUT2D eigenvalue weighted by molar-refractivity contribution is 9.11. The molecule has 7 heteroatoms. The second-order valence-corrected chi connectivity index (χ2v) is 6.78. The van der Waals surface area contributed by atoms with Gasteiger partial charge in [0, 0.05) is 12.0 Å². The van der Waals surface area contributed by atoms with Crippen LogP contribution in [0.5, 0.6) is 17.4 Å². The number of ether oxygens (including phenoxy) is 2. The molecule has 1 aromatic carbocycles. The van der Waals surface area contributed by atoms with Gasteiger partial charge >= 0.3 is 0 Å². The summed E-state index contributed by atoms with van der Waals surface area (Å²) in [5, 5.41) is 0.394. The molecular formula is C14H11Br2ClN2O2. The second-order valence-electron chi connectivity index (χ2n) is 4.68. The molecule has 0 saturated heterocycles. The monoisotopic (exact) mass is 432 g/mol. The Bertz CT molecular complexity index is 693. The van der Waals surface area contributed by atoms with Crippen LogP contribution in [0.15, 0.2) is 27.1 Å². The van der Waals surface area contributed by atoms with Gasteiger partial charge in [-0.05, 0) is 56.8 Å². The summed E-state index contributed by atoms with van der Waals surface area (Å²) in [6.07, 6.45) is 2.22. The van der Waals surface area contributed by atoms with Gasteiger partial charge in [0.15, 0.2) is 0 Å². The molecule has 0 spiro atoms. The zero-order valence-corrected chi connectivity index (χ0v) is 15.0. The van der Waals surface area contributed by atoms with Gasteiger partial charge in [-0.25, -0.2) is 4.98 Å². The van der Waals surface area contributed by atoms with Crippen molar-refractivity contribution in [3.05, 3.63) is 38.1 Å². The van der Waals surface area contributed by atoms with E-state index in [1.807, 2.05) is 12.1 Å². The fourth-order valence-corrected chi connectivity index (χ4v) is 2.92. The van der Waals surface area contributed by atoms with E-state index < -0.39 is 0 Å². The van der Waals surface area contributed by atoms with Gasteiger partial charge < -0.3 is 9.47 Å². The molecule has 0 bridgehead atoms. The van der Waals surface area contributed by atoms with Gasteiger partial charge in [-0.2, -0.15) is 4.98 Å². The first kappa shape index (κ1) is 15.1. The molecular weight excluding hydrogens is 423 g/mol. The molecule has 1 aliphatic carbocycles. The zero-order chi connectivity index (χ0) is 15.0. The van der Waals surface area contributed by atoms with Crippen molar-refractivity contribution in [1.82, 2.24) is 9.97 Å². The summed E-state index contributed by atoms with van der Waals surface area (Å²) in [5.74, 6) is 2.95. The highest BCUT2D eigenvalue weighted by atomic mass is 79.9. The second kappa shape index (κ2) is 6.10. The van der Waals surface area contributed by atoms with Gasteiger partial charge in [0.05, 0.1) is 16.1 Å². The lowest BCUT2D eigenvalue weighted by atomic mass is 10.3. The maximum Gasteiger partial charge on any atom is 0.224 e. The maximum absolute atomic E-state index is 6.03. The Labute approximate surface area is 144 Å². The lowest BCUT2D eigenvalue weighted by Crippen LogP contribution is -1.97. The lowest BCUT2D eigenvalue weighted by Gasteiger charge is -2.11. The van der Waals surface area contributed by atoms with Crippen molar-refractivity contribution in [2.24, 2.45) is 0 Å². The summed E-state index contributed by atoms with van der Waals surface area (Å²) in [6, 6.07) is 5.25. The van der Waals surface area contributed by atoms with Gasteiger partial charge in [-0.3, -0.25) is 0 Å². The predicted octanol–water partition coefficient (Wildman–Crippen LogP) is 5.33. The van der Waals surface area contributed by atoms with Crippen molar-refractivity contribution in [3.8, 4) is 17.4 Å². The van der Waals surface area contributed by atoms with Crippen LogP contribution in [0.4, 0.5) is 0 Å². The molecule has 0 aliphatic heterocycles. The van der Waals surface area contributed by atoms with Crippen LogP contribution in [0.3, 0.4) is 0 Å². The number of nitrogens with zero attached hydrogens (tertiary/aromatic N) is 2. The number of hydrogen-bond acceptors (Lipinski definition) is 4. The van der Waals surface area contributed by atoms with Crippen LogP contribution in [-0.2, 0) is 0 Å². The van der Waals surface area contributed by atoms with Gasteiger partial charge in [0.2, 0.25) is 5.88 Å². The standard InChI is InChI=1S/C14H11Br2ClN2O2/c1-20-10-4-9(16)11(5-8(10)15)21-13-6-12(17)18-14(19-13)7-2-3-7/h4-7H,2-3H2,1H3. The van der Waals surface area contributed by atoms with Crippen LogP contribution in [0.2, 0.25) is 5.15 Å². The summed E-state index contributed by atoms with van der Waals surface area (Å²) in [6.45, 7) is 0. The molecule has 2 aromatic rings. The predicted molar refractivity (Wildman–Crippen MR) is 87.5 cm³/mol. The van der Waals surface area contributed by atoms with Crippen LogP contribution in [0.25, 0.3) is 0 Å². The molecule has 1 aromatic heterocycles. The van der Waals surface area contributed by atoms with Crippen molar-refractivity contribution in [3.63, 3.8) is 0 Å². The number of benzene rings is 1. The highest BCUT2D eigenvalue weighted by Gasteiger charge is 2.27. The largest absolute Gasteiger partial charge is 0.496 e. The number of aromatic nitrogens is 2. The summed E-state index contributed by atoms with van der Waals surface area (Å²) >= 11 is 12.9. The van der Waals surface area contributed by atoms with E-state index >= 15 is 0 Å². The normalized spacial score (nSPS) is 14.1.